The molecule has 0 aliphatic carbocycles. The zero-order valence-electron chi connectivity index (χ0n) is 7.21. The molecule has 3 heteroatoms. The van der Waals surface area contributed by atoms with Crippen LogP contribution in [0.4, 0.5) is 0 Å². The fraction of sp³-hybridized carbons (Fsp3) is 1.00. The van der Waals surface area contributed by atoms with E-state index >= 15 is 0 Å². The number of rotatable bonds is 4. The Morgan fingerprint density at radius 2 is 2.45 bits per heavy atom. The summed E-state index contributed by atoms with van der Waals surface area (Å²) in [6.45, 7) is 6.52. The van der Waals surface area contributed by atoms with E-state index in [9.17, 15) is 0 Å². The van der Waals surface area contributed by atoms with E-state index in [-0.39, 0.29) is 6.61 Å². The molecule has 0 aromatic carbocycles. The summed E-state index contributed by atoms with van der Waals surface area (Å²) in [5.41, 5.74) is 0. The Hall–Kier alpha value is -0.120. The summed E-state index contributed by atoms with van der Waals surface area (Å²) in [6, 6.07) is 0.659. The van der Waals surface area contributed by atoms with Crippen molar-refractivity contribution in [2.24, 2.45) is 0 Å². The minimum Gasteiger partial charge on any atom is -0.395 e. The molecule has 66 valence electrons. The summed E-state index contributed by atoms with van der Waals surface area (Å²) in [5.74, 6) is 0. The number of hydrogen-bond donors (Lipinski definition) is 2. The van der Waals surface area contributed by atoms with E-state index in [0.29, 0.717) is 6.04 Å². The van der Waals surface area contributed by atoms with Crippen molar-refractivity contribution in [1.29, 1.82) is 0 Å². The Kier molecular flexibility index (Phi) is 3.83. The van der Waals surface area contributed by atoms with Crippen molar-refractivity contribution in [3.05, 3.63) is 0 Å². The van der Waals surface area contributed by atoms with Crippen LogP contribution in [0, 0.1) is 0 Å². The predicted octanol–water partition coefficient (Wildman–Crippen LogP) is -0.338. The molecule has 2 N–H and O–H groups in total. The Bertz CT molecular complexity index is 102. The van der Waals surface area contributed by atoms with Gasteiger partial charge in [-0.25, -0.2) is 0 Å². The van der Waals surface area contributed by atoms with Gasteiger partial charge in [-0.05, 0) is 19.5 Å². The predicted molar refractivity (Wildman–Crippen MR) is 45.6 cm³/mol. The van der Waals surface area contributed by atoms with Crippen molar-refractivity contribution in [2.75, 3.05) is 32.8 Å². The molecule has 1 fully saturated rings. The second-order valence-corrected chi connectivity index (χ2v) is 3.00. The van der Waals surface area contributed by atoms with E-state index in [4.69, 9.17) is 5.11 Å². The van der Waals surface area contributed by atoms with Gasteiger partial charge in [-0.1, -0.05) is 6.92 Å². The molecular formula is C8H18N2O. The number of nitrogens with one attached hydrogen (secondary N) is 1. The molecule has 0 amide bonds. The summed E-state index contributed by atoms with van der Waals surface area (Å²) >= 11 is 0. The number of nitrogens with zero attached hydrogens (tertiary/aromatic N) is 1. The maximum atomic E-state index is 8.77. The molecule has 1 rings (SSSR count). The van der Waals surface area contributed by atoms with Crippen LogP contribution in [0.1, 0.15) is 13.3 Å². The lowest BCUT2D eigenvalue weighted by molar-refractivity contribution is 0.164. The lowest BCUT2D eigenvalue weighted by atomic mass is 10.2. The Morgan fingerprint density at radius 1 is 1.64 bits per heavy atom. The third-order valence-electron chi connectivity index (χ3n) is 2.34. The lowest BCUT2D eigenvalue weighted by Crippen LogP contribution is -2.38. The maximum absolute atomic E-state index is 8.77. The molecule has 1 aliphatic heterocycles. The van der Waals surface area contributed by atoms with Crippen molar-refractivity contribution >= 4 is 0 Å². The van der Waals surface area contributed by atoms with Crippen LogP contribution in [0.3, 0.4) is 0 Å². The largest absolute Gasteiger partial charge is 0.395 e. The van der Waals surface area contributed by atoms with Gasteiger partial charge in [-0.3, -0.25) is 4.90 Å². The summed E-state index contributed by atoms with van der Waals surface area (Å²) in [4.78, 5) is 2.33. The van der Waals surface area contributed by atoms with E-state index in [1.165, 1.54) is 6.42 Å². The van der Waals surface area contributed by atoms with Crippen molar-refractivity contribution in [3.63, 3.8) is 0 Å². The van der Waals surface area contributed by atoms with E-state index in [0.717, 1.165) is 26.2 Å². The van der Waals surface area contributed by atoms with Crippen molar-refractivity contribution in [2.45, 2.75) is 19.4 Å². The van der Waals surface area contributed by atoms with Crippen LogP contribution >= 0.6 is 0 Å². The molecule has 3 nitrogen and oxygen atoms in total. The average molecular weight is 158 g/mol. The standard InChI is InChI=1S/C8H18N2O/c1-2-10(5-6-11)8-3-4-9-7-8/h8-9,11H,2-7H2,1H3/t8-/m0/s1. The first-order chi connectivity index (χ1) is 5.38. The first kappa shape index (κ1) is 8.97. The van der Waals surface area contributed by atoms with Gasteiger partial charge in [0.05, 0.1) is 6.61 Å². The average Bonchev–Trinajstić information content (AvgIpc) is 2.52. The molecule has 1 aliphatic rings. The minimum absolute atomic E-state index is 0.282. The van der Waals surface area contributed by atoms with Gasteiger partial charge in [0.15, 0.2) is 0 Å². The van der Waals surface area contributed by atoms with Crippen molar-refractivity contribution < 1.29 is 5.11 Å². The highest BCUT2D eigenvalue weighted by Gasteiger charge is 2.19. The SMILES string of the molecule is CCN(CCO)[C@H]1CCNC1. The third kappa shape index (κ3) is 2.43. The van der Waals surface area contributed by atoms with Gasteiger partial charge in [0.25, 0.3) is 0 Å². The fourth-order valence-corrected chi connectivity index (χ4v) is 1.68. The van der Waals surface area contributed by atoms with Crippen LogP contribution in [0.25, 0.3) is 0 Å². The molecule has 0 aromatic heterocycles. The molecule has 0 aromatic rings. The van der Waals surface area contributed by atoms with Crippen LogP contribution in [0.15, 0.2) is 0 Å². The Labute approximate surface area is 68.4 Å². The van der Waals surface area contributed by atoms with Crippen LogP contribution < -0.4 is 5.32 Å². The molecule has 1 atom stereocenters. The van der Waals surface area contributed by atoms with E-state index in [2.05, 4.69) is 17.1 Å². The molecule has 0 saturated carbocycles. The minimum atomic E-state index is 0.282. The van der Waals surface area contributed by atoms with Gasteiger partial charge in [-0.15, -0.1) is 0 Å². The monoisotopic (exact) mass is 158 g/mol. The van der Waals surface area contributed by atoms with E-state index in [1.54, 1.807) is 0 Å². The topological polar surface area (TPSA) is 35.5 Å². The van der Waals surface area contributed by atoms with Gasteiger partial charge >= 0.3 is 0 Å². The quantitative estimate of drug-likeness (QED) is 0.587. The molecule has 0 spiro atoms. The first-order valence-electron chi connectivity index (χ1n) is 4.44. The normalized spacial score (nSPS) is 24.8. The molecule has 1 heterocycles. The number of aliphatic hydroxyl groups excluding tert-OH is 1. The van der Waals surface area contributed by atoms with Gasteiger partial charge in [0.1, 0.15) is 0 Å². The Balaban J connectivity index is 2.27. The highest BCUT2D eigenvalue weighted by Crippen LogP contribution is 2.06. The van der Waals surface area contributed by atoms with Crippen LogP contribution in [0.2, 0.25) is 0 Å². The van der Waals surface area contributed by atoms with E-state index < -0.39 is 0 Å². The number of hydrogen-bond acceptors (Lipinski definition) is 3. The highest BCUT2D eigenvalue weighted by molar-refractivity contribution is 4.79. The second kappa shape index (κ2) is 4.70. The van der Waals surface area contributed by atoms with Gasteiger partial charge in [0, 0.05) is 19.1 Å². The summed E-state index contributed by atoms with van der Waals surface area (Å²) in [7, 11) is 0. The molecule has 1 saturated heterocycles. The lowest BCUT2D eigenvalue weighted by Gasteiger charge is -2.25. The smallest absolute Gasteiger partial charge is 0.0558 e. The highest BCUT2D eigenvalue weighted by atomic mass is 16.3. The van der Waals surface area contributed by atoms with Crippen molar-refractivity contribution in [3.8, 4) is 0 Å². The van der Waals surface area contributed by atoms with Crippen LogP contribution in [-0.2, 0) is 0 Å². The molecule has 0 bridgehead atoms. The van der Waals surface area contributed by atoms with Gasteiger partial charge in [0.2, 0.25) is 0 Å². The maximum Gasteiger partial charge on any atom is 0.0558 e. The molecule has 0 unspecified atom stereocenters. The van der Waals surface area contributed by atoms with Gasteiger partial charge in [-0.2, -0.15) is 0 Å². The van der Waals surface area contributed by atoms with Crippen LogP contribution in [0.5, 0.6) is 0 Å². The zero-order chi connectivity index (χ0) is 8.10. The molecular weight excluding hydrogens is 140 g/mol. The Morgan fingerprint density at radius 3 is 2.91 bits per heavy atom. The number of likely N-dealkylation sites (N-methyl/N-ethyl adjacent to an activating group) is 1. The summed E-state index contributed by atoms with van der Waals surface area (Å²) in [6.07, 6.45) is 1.23. The second-order valence-electron chi connectivity index (χ2n) is 3.00. The van der Waals surface area contributed by atoms with E-state index in [1.807, 2.05) is 0 Å². The molecule has 11 heavy (non-hydrogen) atoms. The molecule has 0 radical (unpaired) electrons. The first-order valence-corrected chi connectivity index (χ1v) is 4.44. The third-order valence-corrected chi connectivity index (χ3v) is 2.34. The van der Waals surface area contributed by atoms with Crippen LogP contribution in [-0.4, -0.2) is 48.8 Å². The fourth-order valence-electron chi connectivity index (χ4n) is 1.68. The number of aliphatic hydroxyl groups is 1. The summed E-state index contributed by atoms with van der Waals surface area (Å²) < 4.78 is 0. The van der Waals surface area contributed by atoms with Crippen molar-refractivity contribution in [1.82, 2.24) is 10.2 Å². The zero-order valence-corrected chi connectivity index (χ0v) is 7.21. The summed E-state index contributed by atoms with van der Waals surface area (Å²) in [5, 5.41) is 12.1. The van der Waals surface area contributed by atoms with Gasteiger partial charge < -0.3 is 10.4 Å².